The zero-order valence-electron chi connectivity index (χ0n) is 9.04. The first-order chi connectivity index (χ1) is 8.58. The number of rotatable bonds is 0. The third-order valence-electron chi connectivity index (χ3n) is 2.94. The quantitative estimate of drug-likeness (QED) is 0.609. The summed E-state index contributed by atoms with van der Waals surface area (Å²) in [5, 5.41) is 0. The smallest absolute Gasteiger partial charge is 0.194 e. The van der Waals surface area contributed by atoms with Gasteiger partial charge in [-0.1, -0.05) is 0 Å². The van der Waals surface area contributed by atoms with Gasteiger partial charge in [0.25, 0.3) is 0 Å². The van der Waals surface area contributed by atoms with Crippen LogP contribution in [0, 0.1) is 11.6 Å². The predicted molar refractivity (Wildman–Crippen MR) is 59.7 cm³/mol. The van der Waals surface area contributed by atoms with Gasteiger partial charge in [-0.2, -0.15) is 0 Å². The number of fused-ring (bicyclic) bond motifs is 2. The molecule has 0 unspecified atom stereocenters. The van der Waals surface area contributed by atoms with E-state index >= 15 is 0 Å². The Morgan fingerprint density at radius 2 is 1.00 bits per heavy atom. The number of benzene rings is 2. The van der Waals surface area contributed by atoms with Gasteiger partial charge in [0.2, 0.25) is 0 Å². The average molecular weight is 244 g/mol. The molecule has 2 nitrogen and oxygen atoms in total. The molecule has 0 aliphatic heterocycles. The van der Waals surface area contributed by atoms with Gasteiger partial charge in [-0.05, 0) is 36.4 Å². The maximum atomic E-state index is 13.1. The number of carbonyl (C=O) groups excluding carboxylic acids is 2. The van der Waals surface area contributed by atoms with Crippen LogP contribution in [0.15, 0.2) is 36.4 Å². The minimum absolute atomic E-state index is 0.0156. The summed E-state index contributed by atoms with van der Waals surface area (Å²) in [5.74, 6) is -2.12. The Morgan fingerprint density at radius 1 is 0.611 bits per heavy atom. The van der Waals surface area contributed by atoms with Gasteiger partial charge in [0.15, 0.2) is 11.6 Å². The summed E-state index contributed by atoms with van der Waals surface area (Å²) in [6.07, 6.45) is 0. The molecule has 0 bridgehead atoms. The van der Waals surface area contributed by atoms with Crippen molar-refractivity contribution in [3.05, 3.63) is 70.3 Å². The van der Waals surface area contributed by atoms with E-state index in [0.29, 0.717) is 0 Å². The van der Waals surface area contributed by atoms with Crippen molar-refractivity contribution < 1.29 is 18.4 Å². The maximum Gasteiger partial charge on any atom is 0.194 e. The number of halogens is 2. The highest BCUT2D eigenvalue weighted by Crippen LogP contribution is 2.28. The van der Waals surface area contributed by atoms with E-state index in [1.165, 1.54) is 12.1 Å². The van der Waals surface area contributed by atoms with Crippen molar-refractivity contribution >= 4 is 11.6 Å². The van der Waals surface area contributed by atoms with Crippen molar-refractivity contribution in [2.75, 3.05) is 0 Å². The zero-order chi connectivity index (χ0) is 12.9. The summed E-state index contributed by atoms with van der Waals surface area (Å²) in [7, 11) is 0. The van der Waals surface area contributed by atoms with Crippen LogP contribution in [0.3, 0.4) is 0 Å². The summed E-state index contributed by atoms with van der Waals surface area (Å²) >= 11 is 0. The van der Waals surface area contributed by atoms with Gasteiger partial charge in [0.05, 0.1) is 0 Å². The second kappa shape index (κ2) is 3.57. The van der Waals surface area contributed by atoms with E-state index in [9.17, 15) is 18.4 Å². The first-order valence-corrected chi connectivity index (χ1v) is 5.26. The van der Waals surface area contributed by atoms with E-state index in [1.54, 1.807) is 0 Å². The third-order valence-corrected chi connectivity index (χ3v) is 2.94. The summed E-state index contributed by atoms with van der Waals surface area (Å²) in [6.45, 7) is 0. The first kappa shape index (κ1) is 10.8. The van der Waals surface area contributed by atoms with Gasteiger partial charge in [-0.3, -0.25) is 9.59 Å². The Hall–Kier alpha value is -2.36. The molecular weight excluding hydrogens is 238 g/mol. The Kier molecular flexibility index (Phi) is 2.13. The summed E-state index contributed by atoms with van der Waals surface area (Å²) in [4.78, 5) is 24.2. The Balaban J connectivity index is 2.32. The molecule has 2 aromatic rings. The molecule has 0 heterocycles. The Labute approximate surface area is 101 Å². The molecule has 0 aromatic heterocycles. The molecule has 18 heavy (non-hydrogen) atoms. The predicted octanol–water partition coefficient (Wildman–Crippen LogP) is 2.74. The van der Waals surface area contributed by atoms with Crippen LogP contribution in [0.1, 0.15) is 31.8 Å². The minimum Gasteiger partial charge on any atom is -0.289 e. The molecule has 2 aromatic carbocycles. The van der Waals surface area contributed by atoms with Crippen LogP contribution in [-0.2, 0) is 0 Å². The highest BCUT2D eigenvalue weighted by atomic mass is 19.1. The molecular formula is C14H6F2O2. The molecule has 0 amide bonds. The topological polar surface area (TPSA) is 34.1 Å². The molecule has 0 fully saturated rings. The normalized spacial score (nSPS) is 13.2. The van der Waals surface area contributed by atoms with E-state index in [0.717, 1.165) is 24.3 Å². The van der Waals surface area contributed by atoms with Gasteiger partial charge < -0.3 is 0 Å². The minimum atomic E-state index is -0.602. The molecule has 3 rings (SSSR count). The Bertz CT molecular complexity index is 647. The van der Waals surface area contributed by atoms with E-state index < -0.39 is 17.4 Å². The monoisotopic (exact) mass is 244 g/mol. The average Bonchev–Trinajstić information content (AvgIpc) is 2.35. The zero-order valence-corrected chi connectivity index (χ0v) is 9.04. The fourth-order valence-electron chi connectivity index (χ4n) is 2.09. The third kappa shape index (κ3) is 1.39. The van der Waals surface area contributed by atoms with Crippen molar-refractivity contribution in [3.8, 4) is 0 Å². The number of hydrogen-bond acceptors (Lipinski definition) is 2. The lowest BCUT2D eigenvalue weighted by atomic mass is 9.84. The molecule has 1 aliphatic rings. The maximum absolute atomic E-state index is 13.1. The van der Waals surface area contributed by atoms with Gasteiger partial charge in [-0.25, -0.2) is 8.78 Å². The Morgan fingerprint density at radius 3 is 1.44 bits per heavy atom. The first-order valence-electron chi connectivity index (χ1n) is 5.26. The summed E-state index contributed by atoms with van der Waals surface area (Å²) in [6, 6.07) is 6.80. The standard InChI is InChI=1S/C14H6F2O2/c15-7-1-3-9-11(5-7)14(18)12-6-8(16)2-4-10(12)13(9)17/h1-6H. The van der Waals surface area contributed by atoms with Crippen LogP contribution >= 0.6 is 0 Å². The second-order valence-electron chi connectivity index (χ2n) is 4.04. The van der Waals surface area contributed by atoms with E-state index in [-0.39, 0.29) is 28.0 Å². The largest absolute Gasteiger partial charge is 0.289 e. The fourth-order valence-corrected chi connectivity index (χ4v) is 2.09. The molecule has 0 N–H and O–H groups in total. The second-order valence-corrected chi connectivity index (χ2v) is 4.04. The summed E-state index contributed by atoms with van der Waals surface area (Å²) in [5.41, 5.74) is 0.275. The molecule has 0 atom stereocenters. The lowest BCUT2D eigenvalue weighted by Crippen LogP contribution is -2.21. The number of ketones is 2. The van der Waals surface area contributed by atoms with E-state index in [2.05, 4.69) is 0 Å². The van der Waals surface area contributed by atoms with Crippen LogP contribution in [0.2, 0.25) is 0 Å². The highest BCUT2D eigenvalue weighted by Gasteiger charge is 2.30. The fraction of sp³-hybridized carbons (Fsp3) is 0. The van der Waals surface area contributed by atoms with Gasteiger partial charge >= 0.3 is 0 Å². The van der Waals surface area contributed by atoms with E-state index in [4.69, 9.17) is 0 Å². The summed E-state index contributed by atoms with van der Waals surface area (Å²) < 4.78 is 26.2. The van der Waals surface area contributed by atoms with Crippen molar-refractivity contribution in [1.82, 2.24) is 0 Å². The van der Waals surface area contributed by atoms with Crippen molar-refractivity contribution in [1.29, 1.82) is 0 Å². The van der Waals surface area contributed by atoms with Crippen LogP contribution in [-0.4, -0.2) is 11.6 Å². The van der Waals surface area contributed by atoms with Crippen molar-refractivity contribution in [3.63, 3.8) is 0 Å². The lowest BCUT2D eigenvalue weighted by Gasteiger charge is -2.17. The van der Waals surface area contributed by atoms with Gasteiger partial charge in [0, 0.05) is 22.3 Å². The molecule has 1 aliphatic carbocycles. The SMILES string of the molecule is O=C1c2ccc(F)cc2C(=O)c2cc(F)ccc21. The van der Waals surface area contributed by atoms with Crippen LogP contribution in [0.5, 0.6) is 0 Å². The van der Waals surface area contributed by atoms with Crippen molar-refractivity contribution in [2.45, 2.75) is 0 Å². The molecule has 0 saturated heterocycles. The van der Waals surface area contributed by atoms with Crippen LogP contribution in [0.4, 0.5) is 8.78 Å². The molecule has 88 valence electrons. The van der Waals surface area contributed by atoms with Crippen molar-refractivity contribution in [2.24, 2.45) is 0 Å². The molecule has 0 radical (unpaired) electrons. The highest BCUT2D eigenvalue weighted by molar-refractivity contribution is 6.28. The van der Waals surface area contributed by atoms with Crippen LogP contribution < -0.4 is 0 Å². The number of hydrogen-bond donors (Lipinski definition) is 0. The van der Waals surface area contributed by atoms with Gasteiger partial charge in [0.1, 0.15) is 11.6 Å². The lowest BCUT2D eigenvalue weighted by molar-refractivity contribution is 0.0978. The van der Waals surface area contributed by atoms with Gasteiger partial charge in [-0.15, -0.1) is 0 Å². The molecule has 4 heteroatoms. The molecule has 0 saturated carbocycles. The van der Waals surface area contributed by atoms with Crippen LogP contribution in [0.25, 0.3) is 0 Å². The van der Waals surface area contributed by atoms with E-state index in [1.807, 2.05) is 0 Å². The molecule has 0 spiro atoms. The number of carbonyl (C=O) groups is 2.